The second kappa shape index (κ2) is 25.3. The van der Waals surface area contributed by atoms with Crippen LogP contribution in [0, 0.1) is 47.3 Å². The molecule has 442 valence electrons. The Morgan fingerprint density at radius 1 is 0.470 bits per heavy atom. The number of ether oxygens (including phenoxy) is 2. The normalized spacial score (nSPS) is 24.4. The summed E-state index contributed by atoms with van der Waals surface area (Å²) < 4.78 is 10.8. The molecule has 0 aromatic heterocycles. The zero-order chi connectivity index (χ0) is 59.3. The number of hydrogen-bond acceptors (Lipinski definition) is 12. The first-order valence-electron chi connectivity index (χ1n) is 28.7. The third-order valence-electron chi connectivity index (χ3n) is 18.0. The monoisotopic (exact) mass is 1140 g/mol. The molecule has 9 rings (SSSR count). The Kier molecular flexibility index (Phi) is 18.2. The zero-order valence-corrected chi connectivity index (χ0v) is 48.2. The Bertz CT molecular complexity index is 2790. The van der Waals surface area contributed by atoms with E-state index in [9.17, 15) is 48.6 Å². The van der Waals surface area contributed by atoms with Crippen molar-refractivity contribution >= 4 is 47.6 Å². The SMILES string of the molecule is CC(C)N(CC(=O)N(CC(=O)NCC1(O)C2C3CC4C5C3C1C5C(O)(CNC(=O)CN(Cc1ccccc1)C(=O)CN(C(=O)CN(C)C(=O)OCc1ccccc1)C(C)C)C42)Cc1ccccc1)C(=O)CN(C)C(=O)OCc1ccccc1. The molecule has 5 aliphatic carbocycles. The second-order valence-electron chi connectivity index (χ2n) is 23.9. The van der Waals surface area contributed by atoms with Crippen LogP contribution in [0.2, 0.25) is 0 Å². The van der Waals surface area contributed by atoms with Gasteiger partial charge in [0.1, 0.15) is 39.4 Å². The maximum absolute atomic E-state index is 14.2. The molecule has 83 heavy (non-hydrogen) atoms. The van der Waals surface area contributed by atoms with Crippen molar-refractivity contribution in [1.82, 2.24) is 40.0 Å². The van der Waals surface area contributed by atoms with E-state index in [4.69, 9.17) is 9.47 Å². The van der Waals surface area contributed by atoms with Crippen molar-refractivity contribution in [3.05, 3.63) is 144 Å². The highest BCUT2D eigenvalue weighted by Gasteiger charge is 2.90. The van der Waals surface area contributed by atoms with Gasteiger partial charge in [0.05, 0.1) is 24.3 Å². The minimum atomic E-state index is -1.35. The summed E-state index contributed by atoms with van der Waals surface area (Å²) in [4.78, 5) is 118. The highest BCUT2D eigenvalue weighted by atomic mass is 16.6. The summed E-state index contributed by atoms with van der Waals surface area (Å²) in [5, 5.41) is 31.5. The van der Waals surface area contributed by atoms with E-state index in [2.05, 4.69) is 10.6 Å². The van der Waals surface area contributed by atoms with Crippen molar-refractivity contribution < 1.29 is 58.0 Å². The lowest BCUT2D eigenvalue weighted by Gasteiger charge is -2.57. The quantitative estimate of drug-likeness (QED) is 0.0695. The topological polar surface area (TPSA) is 239 Å². The fraction of sp³-hybridized carbons (Fsp3) is 0.492. The van der Waals surface area contributed by atoms with Gasteiger partial charge in [-0.15, -0.1) is 0 Å². The Morgan fingerprint density at radius 2 is 0.795 bits per heavy atom. The number of benzene rings is 4. The fourth-order valence-electron chi connectivity index (χ4n) is 14.4. The Balaban J connectivity index is 0.811. The van der Waals surface area contributed by atoms with Crippen molar-refractivity contribution in [3.63, 3.8) is 0 Å². The molecule has 20 nitrogen and oxygen atoms in total. The maximum Gasteiger partial charge on any atom is 0.410 e. The van der Waals surface area contributed by atoms with E-state index in [-0.39, 0.29) is 126 Å². The van der Waals surface area contributed by atoms with Crippen LogP contribution in [-0.4, -0.2) is 177 Å². The van der Waals surface area contributed by atoms with E-state index < -0.39 is 70.9 Å². The van der Waals surface area contributed by atoms with Crippen molar-refractivity contribution in [2.75, 3.05) is 66.5 Å². The number of nitrogens with zero attached hydrogens (tertiary/aromatic N) is 6. The predicted octanol–water partition coefficient (Wildman–Crippen LogP) is 4.14. The number of rotatable bonds is 26. The van der Waals surface area contributed by atoms with Crippen LogP contribution < -0.4 is 10.6 Å². The average Bonchev–Trinajstić information content (AvgIpc) is 1.45. The van der Waals surface area contributed by atoms with Crippen LogP contribution in [0.3, 0.4) is 0 Å². The van der Waals surface area contributed by atoms with Gasteiger partial charge in [0.25, 0.3) is 0 Å². The van der Waals surface area contributed by atoms with E-state index in [1.54, 1.807) is 27.7 Å². The molecule has 4 N–H and O–H groups in total. The zero-order valence-electron chi connectivity index (χ0n) is 48.2. The lowest BCUT2D eigenvalue weighted by atomic mass is 9.51. The van der Waals surface area contributed by atoms with Crippen LogP contribution in [0.1, 0.15) is 56.4 Å². The summed E-state index contributed by atoms with van der Waals surface area (Å²) in [5.41, 5.74) is 0.391. The van der Waals surface area contributed by atoms with Crippen LogP contribution in [0.5, 0.6) is 0 Å². The van der Waals surface area contributed by atoms with Crippen molar-refractivity contribution in [2.24, 2.45) is 47.3 Å². The van der Waals surface area contributed by atoms with Crippen molar-refractivity contribution in [1.29, 1.82) is 0 Å². The summed E-state index contributed by atoms with van der Waals surface area (Å²) in [5.74, 6) is -3.81. The number of aliphatic hydroxyl groups is 2. The van der Waals surface area contributed by atoms with Crippen LogP contribution in [0.25, 0.3) is 0 Å². The third-order valence-corrected chi connectivity index (χ3v) is 18.0. The molecule has 8 amide bonds. The van der Waals surface area contributed by atoms with E-state index in [1.165, 1.54) is 33.7 Å². The molecular formula is C63H78N8O12. The Morgan fingerprint density at radius 3 is 1.12 bits per heavy atom. The molecule has 5 aliphatic rings. The van der Waals surface area contributed by atoms with Gasteiger partial charge in [-0.25, -0.2) is 9.59 Å². The molecule has 10 atom stereocenters. The van der Waals surface area contributed by atoms with E-state index in [0.717, 1.165) is 38.5 Å². The van der Waals surface area contributed by atoms with Gasteiger partial charge in [-0.05, 0) is 104 Å². The summed E-state index contributed by atoms with van der Waals surface area (Å²) in [7, 11) is 2.89. The van der Waals surface area contributed by atoms with E-state index in [0.29, 0.717) is 0 Å². The first-order chi connectivity index (χ1) is 39.7. The number of carbonyl (C=O) groups excluding carboxylic acids is 8. The molecule has 0 saturated heterocycles. The van der Waals surface area contributed by atoms with Crippen LogP contribution >= 0.6 is 0 Å². The van der Waals surface area contributed by atoms with Gasteiger partial charge < -0.3 is 59.7 Å². The van der Waals surface area contributed by atoms with Crippen LogP contribution in [0.15, 0.2) is 121 Å². The van der Waals surface area contributed by atoms with Crippen molar-refractivity contribution in [3.8, 4) is 0 Å². The summed E-state index contributed by atoms with van der Waals surface area (Å²) >= 11 is 0. The van der Waals surface area contributed by atoms with Gasteiger partial charge in [0.15, 0.2) is 0 Å². The largest absolute Gasteiger partial charge is 0.445 e. The number of carbonyl (C=O) groups is 8. The molecule has 5 saturated carbocycles. The van der Waals surface area contributed by atoms with E-state index in [1.807, 2.05) is 121 Å². The number of amides is 8. The summed E-state index contributed by atoms with van der Waals surface area (Å²) in [6.07, 6.45) is -0.574. The molecule has 2 bridgehead atoms. The van der Waals surface area contributed by atoms with Gasteiger partial charge in [0, 0.05) is 52.4 Å². The van der Waals surface area contributed by atoms with Crippen molar-refractivity contribution in [2.45, 2.75) is 83.7 Å². The number of nitrogens with one attached hydrogen (secondary N) is 2. The van der Waals surface area contributed by atoms with Crippen LogP contribution in [-0.2, 0) is 64.5 Å². The minimum absolute atomic E-state index is 0.0264. The predicted molar refractivity (Wildman–Crippen MR) is 304 cm³/mol. The first-order valence-corrected chi connectivity index (χ1v) is 28.7. The van der Waals surface area contributed by atoms with Gasteiger partial charge in [-0.3, -0.25) is 28.8 Å². The second-order valence-corrected chi connectivity index (χ2v) is 23.9. The molecular weight excluding hydrogens is 1060 g/mol. The number of fused-ring (bicyclic) bond motifs is 2. The molecule has 4 aromatic rings. The molecule has 0 heterocycles. The van der Waals surface area contributed by atoms with Gasteiger partial charge in [0.2, 0.25) is 35.4 Å². The summed E-state index contributed by atoms with van der Waals surface area (Å²) in [6.45, 7) is 4.87. The summed E-state index contributed by atoms with van der Waals surface area (Å²) in [6, 6.07) is 35.7. The maximum atomic E-state index is 14.2. The van der Waals surface area contributed by atoms with Gasteiger partial charge >= 0.3 is 12.2 Å². The molecule has 20 heteroatoms. The number of hydrogen-bond donors (Lipinski definition) is 4. The fourth-order valence-corrected chi connectivity index (χ4v) is 14.4. The highest BCUT2D eigenvalue weighted by Crippen LogP contribution is 2.87. The lowest BCUT2D eigenvalue weighted by Crippen LogP contribution is -2.69. The Hall–Kier alpha value is -7.84. The van der Waals surface area contributed by atoms with Crippen LogP contribution in [0.4, 0.5) is 9.59 Å². The standard InChI is InChI=1S/C63H78N8O12/c1-40(2)70(52(76)32-66(5)60(78)82-36-44-23-15-9-16-24-44)34-50(74)68(28-42-19-11-7-12-20-42)30-48(72)64-38-62(80)56-46-27-47-55-54(46)58(62)59(55)63(81,57(47)56)39-65-49(73)31-69(29-43-21-13-8-14-22-43)51(75)35-71(41(3)4)53(77)33-67(6)61(79)83-37-45-25-17-10-18-26-45/h7-26,40-41,46-47,54-59,80-81H,27-39H2,1-6H3,(H,64,72)(H,65,73). The molecule has 0 aliphatic heterocycles. The van der Waals surface area contributed by atoms with Gasteiger partial charge in [-0.2, -0.15) is 0 Å². The molecule has 0 radical (unpaired) electrons. The minimum Gasteiger partial charge on any atom is -0.445 e. The lowest BCUT2D eigenvalue weighted by molar-refractivity contribution is -0.211. The molecule has 10 unspecified atom stereocenters. The smallest absolute Gasteiger partial charge is 0.410 e. The van der Waals surface area contributed by atoms with E-state index >= 15 is 0 Å². The molecule has 4 aromatic carbocycles. The Labute approximate surface area is 485 Å². The van der Waals surface area contributed by atoms with Gasteiger partial charge in [-0.1, -0.05) is 121 Å². The number of likely N-dealkylation sites (N-methyl/N-ethyl adjacent to an activating group) is 2. The molecule has 5 fully saturated rings. The molecule has 0 spiro atoms. The average molecular weight is 1140 g/mol. The first kappa shape index (κ1) is 59.8. The highest BCUT2D eigenvalue weighted by molar-refractivity contribution is 5.91. The third kappa shape index (κ3) is 12.7.